The Morgan fingerprint density at radius 2 is 0.905 bits per heavy atom. The van der Waals surface area contributed by atoms with E-state index >= 15 is 0 Å². The van der Waals surface area contributed by atoms with Crippen molar-refractivity contribution in [3.05, 3.63) is 58.2 Å². The van der Waals surface area contributed by atoms with Crippen LogP contribution >= 0.6 is 15.9 Å². The molecule has 105 heavy (non-hydrogen) atoms. The number of likely N-dealkylation sites (tertiary alicyclic amines) is 1. The molecule has 1 saturated heterocycles. The lowest BCUT2D eigenvalue weighted by Crippen LogP contribution is -2.52. The summed E-state index contributed by atoms with van der Waals surface area (Å²) in [5, 5.41) is 3.48. The number of ketones is 5. The summed E-state index contributed by atoms with van der Waals surface area (Å²) < 4.78 is 32.2. The fraction of sp³-hybridized carbons (Fsp3) is 0.675. The topological polar surface area (TPSA) is 364 Å². The number of alkyl halides is 1. The van der Waals surface area contributed by atoms with Gasteiger partial charge in [-0.3, -0.25) is 43.3 Å². The van der Waals surface area contributed by atoms with Crippen LogP contribution in [0.4, 0.5) is 0 Å². The van der Waals surface area contributed by atoms with E-state index in [9.17, 15) is 67.1 Å². The number of hydrogen-bond donors (Lipinski definition) is 2. The summed E-state index contributed by atoms with van der Waals surface area (Å²) in [6, 6.07) is -2.49. The number of piperidine rings is 1. The molecule has 0 aromatic heterocycles. The summed E-state index contributed by atoms with van der Waals surface area (Å²) in [6.07, 6.45) is 10.2. The van der Waals surface area contributed by atoms with Gasteiger partial charge < -0.3 is 58.9 Å². The van der Waals surface area contributed by atoms with Gasteiger partial charge in [0.2, 0.25) is 17.7 Å². The average Bonchev–Trinajstić information content (AvgIpc) is 0.806. The van der Waals surface area contributed by atoms with Crippen molar-refractivity contribution in [1.82, 2.24) is 20.0 Å². The Labute approximate surface area is 646 Å². The number of Topliss-reactive ketones (excluding diaryl/α,β-unsaturated/α-hetero) is 5. The Kier molecular flexibility index (Phi) is 111. The van der Waals surface area contributed by atoms with E-state index < -0.39 is 47.9 Å². The van der Waals surface area contributed by atoms with E-state index in [2.05, 4.69) is 54.7 Å². The third kappa shape index (κ3) is 63.2. The first-order valence-corrected chi connectivity index (χ1v) is 31.6. The number of carbonyl (C=O) groups is 14. The molecule has 0 aliphatic carbocycles. The van der Waals surface area contributed by atoms with Crippen LogP contribution in [0.5, 0.6) is 0 Å². The highest BCUT2D eigenvalue weighted by Crippen LogP contribution is 2.21. The first-order valence-electron chi connectivity index (χ1n) is 30.5. The molecule has 1 heterocycles. The van der Waals surface area contributed by atoms with Crippen LogP contribution in [0.15, 0.2) is 63.2 Å². The summed E-state index contributed by atoms with van der Waals surface area (Å²) in [5.41, 5.74) is 7.53. The standard InChI is InChI=1S/C14H23NO5.C13H21NO4.C12H17NO4.C10H17NO3.C6H9BrO2.C5H10O.C4H9NO.C3H7NO.10CH4/c1-6-11(14(18)20-8-3)9-15(12(16)7-2)10(4)13(17)19-5;1-6-11(13(17)18-5)8-14(12(16)7-2)9(3)10(4)15;1-5-9-6-13(8(3)12(16)17-4)11(15)7(2)10(9)14;1-5-9(10(13)14-4)6-11-7(2)8(3)12;1-3-5(4-7)6(8)9-2;1-4(2)5(3)6;1-3(5)4(2)6;1-4-3-5-2;;;;;;;;;;/h6,10H,7-9H2,1-5H3;6,9H,7-8H2,1-5H3;5,7-8H,6H2,1-4H3;5,7,11H,6H2,1-4H3;3H,4H2,1-2H3;4H,1-3H3;3H,5H2,1-2H3;3H,1-2H3;10*1H4/b2*11-6+;2*9-5+;5-3+;;;;;;;;;;;;;. The lowest BCUT2D eigenvalue weighted by atomic mass is 9.92. The van der Waals surface area contributed by atoms with Gasteiger partial charge in [0.1, 0.15) is 29.4 Å². The zero-order valence-corrected chi connectivity index (χ0v) is 63.1. The van der Waals surface area contributed by atoms with Crippen molar-refractivity contribution < 1.29 is 100 Å². The van der Waals surface area contributed by atoms with Crippen LogP contribution in [0.3, 0.4) is 0 Å². The van der Waals surface area contributed by atoms with E-state index in [0.29, 0.717) is 39.7 Å². The van der Waals surface area contributed by atoms with Crippen LogP contribution in [0, 0.1) is 11.8 Å². The third-order valence-electron chi connectivity index (χ3n) is 13.3. The van der Waals surface area contributed by atoms with Crippen molar-refractivity contribution in [3.8, 4) is 0 Å². The number of nitrogens with two attached hydrogens (primary N) is 1. The first kappa shape index (κ1) is 140. The smallest absolute Gasteiger partial charge is 0.335 e. The van der Waals surface area contributed by atoms with Gasteiger partial charge in [-0.15, -0.1) is 0 Å². The summed E-state index contributed by atoms with van der Waals surface area (Å²) >= 11 is 3.15. The fourth-order valence-corrected chi connectivity index (χ4v) is 6.78. The van der Waals surface area contributed by atoms with Crippen LogP contribution in [-0.2, 0) is 100 Å². The molecule has 0 spiro atoms. The Morgan fingerprint density at radius 1 is 0.552 bits per heavy atom. The van der Waals surface area contributed by atoms with Crippen molar-refractivity contribution in [2.75, 3.05) is 87.8 Å². The van der Waals surface area contributed by atoms with Gasteiger partial charge in [0, 0.05) is 60.9 Å². The highest BCUT2D eigenvalue weighted by Gasteiger charge is 2.39. The lowest BCUT2D eigenvalue weighted by molar-refractivity contribution is -0.155. The molecule has 1 aliphatic rings. The molecular formula is C77H153BrN6O21. The summed E-state index contributed by atoms with van der Waals surface area (Å²) in [4.78, 5) is 165. The van der Waals surface area contributed by atoms with Gasteiger partial charge >= 0.3 is 35.8 Å². The average molecular weight is 1580 g/mol. The number of nitrogens with zero attached hydrogens (tertiary/aromatic N) is 4. The quantitative estimate of drug-likeness (QED) is 0.0163. The van der Waals surface area contributed by atoms with E-state index in [1.165, 1.54) is 77.4 Å². The molecule has 0 saturated carbocycles. The number of rotatable bonds is 25. The van der Waals surface area contributed by atoms with Crippen molar-refractivity contribution in [3.63, 3.8) is 0 Å². The molecule has 0 bridgehead atoms. The highest BCUT2D eigenvalue weighted by atomic mass is 79.9. The maximum absolute atomic E-state index is 11.9. The molecule has 624 valence electrons. The Bertz CT molecular complexity index is 2610. The van der Waals surface area contributed by atoms with Crippen molar-refractivity contribution in [1.29, 1.82) is 0 Å². The SMILES string of the molecule is C.C.C.C.C.C.C.C.C.C.C/C=C(\CBr)C(=O)OC.C/C=C(\CN(C(=O)CC)C(C)C(=O)OC)C(=O)OCC.C/C=C(\CN(C(=O)CC)C(C)C(C)=O)C(=O)OC.C/C=C(\CNC(C)C(C)=O)C(=O)OC.C/C=C1\CN(C(C)C(=O)OC)C(=O)C(C)C1=O.CC(=O)C(C)C.CC(=O)C(C)N.CN=COC. The minimum atomic E-state index is -0.753. The maximum Gasteiger partial charge on any atom is 0.335 e. The number of amides is 3. The maximum atomic E-state index is 11.9. The monoisotopic (exact) mass is 1580 g/mol. The zero-order chi connectivity index (χ0) is 76.0. The molecule has 6 atom stereocenters. The van der Waals surface area contributed by atoms with Gasteiger partial charge in [-0.25, -0.2) is 28.8 Å². The van der Waals surface area contributed by atoms with Crippen LogP contribution < -0.4 is 11.1 Å². The minimum absolute atomic E-state index is 0. The van der Waals surface area contributed by atoms with E-state index in [4.69, 9.17) is 10.5 Å². The van der Waals surface area contributed by atoms with Crippen LogP contribution in [0.25, 0.3) is 0 Å². The summed E-state index contributed by atoms with van der Waals surface area (Å²) in [6.45, 7) is 34.3. The number of aliphatic imine (C=N–C) groups is 1. The second-order valence-corrected chi connectivity index (χ2v) is 20.9. The predicted octanol–water partition coefficient (Wildman–Crippen LogP) is 13.1. The Morgan fingerprint density at radius 3 is 1.15 bits per heavy atom. The Hall–Kier alpha value is -7.85. The van der Waals surface area contributed by atoms with Gasteiger partial charge in [-0.1, -0.05) is 148 Å². The lowest BCUT2D eigenvalue weighted by Gasteiger charge is -2.34. The summed E-state index contributed by atoms with van der Waals surface area (Å²) in [7, 11) is 9.74. The molecule has 3 amide bonds. The van der Waals surface area contributed by atoms with Crippen LogP contribution in [-0.4, -0.2) is 222 Å². The zero-order valence-electron chi connectivity index (χ0n) is 61.5. The van der Waals surface area contributed by atoms with Crippen molar-refractivity contribution in [2.45, 2.75) is 256 Å². The van der Waals surface area contributed by atoms with Crippen LogP contribution in [0.1, 0.15) is 226 Å². The Balaban J connectivity index is -0.0000000575. The molecule has 1 fully saturated rings. The normalized spacial score (nSPS) is 13.2. The first-order chi connectivity index (χ1) is 44.2. The van der Waals surface area contributed by atoms with Gasteiger partial charge in [0.05, 0.1) is 97.5 Å². The van der Waals surface area contributed by atoms with E-state index in [1.54, 1.807) is 148 Å². The number of carbonyl (C=O) groups excluding carboxylic acids is 14. The number of allylic oxidation sites excluding steroid dienone is 5. The number of ether oxygens (including phenoxy) is 7. The predicted molar refractivity (Wildman–Crippen MR) is 435 cm³/mol. The molecule has 28 heteroatoms. The number of nitrogens with one attached hydrogen (secondary N) is 1. The second-order valence-electron chi connectivity index (χ2n) is 20.4. The highest BCUT2D eigenvalue weighted by molar-refractivity contribution is 9.09. The van der Waals surface area contributed by atoms with E-state index in [0.717, 1.165) is 0 Å². The number of halogens is 1. The molecule has 6 unspecified atom stereocenters. The van der Waals surface area contributed by atoms with Crippen molar-refractivity contribution >= 4 is 105 Å². The van der Waals surface area contributed by atoms with Gasteiger partial charge in [0.25, 0.3) is 0 Å². The molecule has 1 aliphatic heterocycles. The fourth-order valence-electron chi connectivity index (χ4n) is 6.23. The van der Waals surface area contributed by atoms with E-state index in [1.807, 2.05) is 13.8 Å². The van der Waals surface area contributed by atoms with Gasteiger partial charge in [-0.05, 0) is 111 Å². The second kappa shape index (κ2) is 83.4. The minimum Gasteiger partial charge on any atom is -0.487 e. The van der Waals surface area contributed by atoms with Gasteiger partial charge in [-0.2, -0.15) is 0 Å². The summed E-state index contributed by atoms with van der Waals surface area (Å²) in [5.74, 6) is -3.76. The molecule has 0 aromatic rings. The molecule has 27 nitrogen and oxygen atoms in total. The van der Waals surface area contributed by atoms with Crippen LogP contribution in [0.2, 0.25) is 0 Å². The molecule has 1 rings (SSSR count). The molecule has 0 radical (unpaired) electrons. The van der Waals surface area contributed by atoms with Gasteiger partial charge in [0.15, 0.2) is 18.0 Å². The largest absolute Gasteiger partial charge is 0.487 e. The number of methoxy groups -OCH3 is 6. The molecule has 0 aromatic carbocycles. The number of hydrogen-bond acceptors (Lipinski definition) is 24. The molecular weight excluding hydrogens is 1420 g/mol. The number of esters is 6. The van der Waals surface area contributed by atoms with E-state index in [-0.39, 0.29) is 190 Å². The molecule has 3 N–H and O–H groups in total. The third-order valence-corrected chi connectivity index (χ3v) is 14.0. The van der Waals surface area contributed by atoms with Crippen molar-refractivity contribution in [2.24, 2.45) is 22.6 Å².